The van der Waals surface area contributed by atoms with E-state index >= 15 is 0 Å². The Morgan fingerprint density at radius 2 is 1.94 bits per heavy atom. The number of nitro benzene ring substituents is 1. The number of aliphatic hydroxyl groups is 1. The molecule has 9 heteroatoms. The standard InChI is InChI=1S/C23H24FN3O5/c1-14-8-9-16(13-18(14)24)21(28)19-20(15-6-4-7-17(12-15)27(31)32)26(23(30)22(19)29)11-5-10-25(2)3/h4,6-9,12-13,20,28H,5,10-11H2,1-3H3/t20-/m0/s1. The lowest BCUT2D eigenvalue weighted by molar-refractivity contribution is -0.384. The maximum atomic E-state index is 14.1. The maximum absolute atomic E-state index is 14.1. The Bertz CT molecular complexity index is 1110. The molecular formula is C23H24FN3O5. The molecule has 0 aromatic heterocycles. The number of hydrogen-bond donors (Lipinski definition) is 1. The van der Waals surface area contributed by atoms with E-state index in [1.165, 1.54) is 35.2 Å². The molecule has 1 fully saturated rings. The summed E-state index contributed by atoms with van der Waals surface area (Å²) in [6.07, 6.45) is 0.546. The van der Waals surface area contributed by atoms with Gasteiger partial charge in [-0.3, -0.25) is 19.7 Å². The van der Waals surface area contributed by atoms with Crippen LogP contribution in [0.2, 0.25) is 0 Å². The molecule has 32 heavy (non-hydrogen) atoms. The van der Waals surface area contributed by atoms with Crippen molar-refractivity contribution in [2.24, 2.45) is 0 Å². The van der Waals surface area contributed by atoms with Crippen LogP contribution in [0.3, 0.4) is 0 Å². The molecule has 1 amide bonds. The fourth-order valence-corrected chi connectivity index (χ4v) is 3.72. The largest absolute Gasteiger partial charge is 0.507 e. The van der Waals surface area contributed by atoms with Crippen LogP contribution in [-0.2, 0) is 9.59 Å². The lowest BCUT2D eigenvalue weighted by Crippen LogP contribution is -2.32. The number of ketones is 1. The van der Waals surface area contributed by atoms with Crippen LogP contribution in [0.15, 0.2) is 48.0 Å². The van der Waals surface area contributed by atoms with Crippen molar-refractivity contribution in [3.05, 3.63) is 80.7 Å². The molecule has 168 valence electrons. The van der Waals surface area contributed by atoms with Crippen molar-refractivity contribution < 1.29 is 24.0 Å². The number of nitrogens with zero attached hydrogens (tertiary/aromatic N) is 3. The Balaban J connectivity index is 2.15. The molecule has 0 radical (unpaired) electrons. The highest BCUT2D eigenvalue weighted by Crippen LogP contribution is 2.40. The van der Waals surface area contributed by atoms with Gasteiger partial charge in [0, 0.05) is 24.2 Å². The average molecular weight is 441 g/mol. The Kier molecular flexibility index (Phi) is 6.69. The molecule has 1 heterocycles. The second-order valence-corrected chi connectivity index (χ2v) is 7.97. The zero-order valence-electron chi connectivity index (χ0n) is 18.0. The molecule has 1 aliphatic heterocycles. The Hall–Kier alpha value is -3.59. The van der Waals surface area contributed by atoms with Gasteiger partial charge in [0.25, 0.3) is 17.4 Å². The summed E-state index contributed by atoms with van der Waals surface area (Å²) in [5.41, 5.74) is 0.305. The Morgan fingerprint density at radius 3 is 2.56 bits per heavy atom. The van der Waals surface area contributed by atoms with Gasteiger partial charge in [-0.2, -0.15) is 0 Å². The second kappa shape index (κ2) is 9.27. The number of nitro groups is 1. The first kappa shape index (κ1) is 23.1. The third-order valence-corrected chi connectivity index (χ3v) is 5.39. The summed E-state index contributed by atoms with van der Waals surface area (Å²) in [6.45, 7) is 2.41. The van der Waals surface area contributed by atoms with E-state index in [0.717, 1.165) is 6.07 Å². The smallest absolute Gasteiger partial charge is 0.295 e. The molecule has 1 saturated heterocycles. The van der Waals surface area contributed by atoms with Crippen LogP contribution in [0, 0.1) is 22.9 Å². The first-order chi connectivity index (χ1) is 15.1. The zero-order valence-corrected chi connectivity index (χ0v) is 18.0. The summed E-state index contributed by atoms with van der Waals surface area (Å²) in [5.74, 6) is -2.81. The zero-order chi connectivity index (χ0) is 23.6. The molecule has 1 aliphatic rings. The van der Waals surface area contributed by atoms with Gasteiger partial charge in [0.1, 0.15) is 11.6 Å². The summed E-state index contributed by atoms with van der Waals surface area (Å²) >= 11 is 0. The van der Waals surface area contributed by atoms with Crippen molar-refractivity contribution in [2.45, 2.75) is 19.4 Å². The topological polar surface area (TPSA) is 104 Å². The quantitative estimate of drug-likeness (QED) is 0.232. The van der Waals surface area contributed by atoms with Crippen molar-refractivity contribution in [1.29, 1.82) is 0 Å². The maximum Gasteiger partial charge on any atom is 0.295 e. The molecule has 0 aliphatic carbocycles. The van der Waals surface area contributed by atoms with Crippen molar-refractivity contribution >= 4 is 23.1 Å². The molecule has 0 unspecified atom stereocenters. The molecule has 2 aromatic rings. The number of aryl methyl sites for hydroxylation is 1. The Morgan fingerprint density at radius 1 is 1.22 bits per heavy atom. The average Bonchev–Trinajstić information content (AvgIpc) is 3.00. The molecule has 8 nitrogen and oxygen atoms in total. The van der Waals surface area contributed by atoms with E-state index in [0.29, 0.717) is 24.1 Å². The summed E-state index contributed by atoms with van der Waals surface area (Å²) < 4.78 is 14.1. The minimum Gasteiger partial charge on any atom is -0.507 e. The highest BCUT2D eigenvalue weighted by atomic mass is 19.1. The first-order valence-corrected chi connectivity index (χ1v) is 10.1. The van der Waals surface area contributed by atoms with E-state index in [9.17, 15) is 29.2 Å². The molecule has 1 N–H and O–H groups in total. The van der Waals surface area contributed by atoms with Gasteiger partial charge in [0.2, 0.25) is 0 Å². The van der Waals surface area contributed by atoms with Crippen LogP contribution in [0.4, 0.5) is 10.1 Å². The number of carbonyl (C=O) groups excluding carboxylic acids is 2. The summed E-state index contributed by atoms with van der Waals surface area (Å²) in [7, 11) is 3.75. The number of benzene rings is 2. The van der Waals surface area contributed by atoms with Gasteiger partial charge in [-0.25, -0.2) is 4.39 Å². The highest BCUT2D eigenvalue weighted by molar-refractivity contribution is 6.46. The van der Waals surface area contributed by atoms with Gasteiger partial charge in [0.05, 0.1) is 16.5 Å². The predicted molar refractivity (Wildman–Crippen MR) is 116 cm³/mol. The minimum atomic E-state index is -1.03. The summed E-state index contributed by atoms with van der Waals surface area (Å²) in [5, 5.41) is 22.2. The van der Waals surface area contributed by atoms with Crippen LogP contribution in [-0.4, -0.2) is 58.7 Å². The van der Waals surface area contributed by atoms with Gasteiger partial charge in [-0.1, -0.05) is 24.3 Å². The fraction of sp³-hybridized carbons (Fsp3) is 0.304. The van der Waals surface area contributed by atoms with Crippen LogP contribution >= 0.6 is 0 Å². The van der Waals surface area contributed by atoms with Crippen LogP contribution in [0.1, 0.15) is 29.2 Å². The number of aliphatic hydroxyl groups excluding tert-OH is 1. The first-order valence-electron chi connectivity index (χ1n) is 10.1. The number of Topliss-reactive ketones (excluding diaryl/α,β-unsaturated/α-hetero) is 1. The SMILES string of the molecule is Cc1ccc(C(O)=C2C(=O)C(=O)N(CCCN(C)C)[C@H]2c2cccc([N+](=O)[O-])c2)cc1F. The summed E-state index contributed by atoms with van der Waals surface area (Å²) in [4.78, 5) is 39.7. The number of hydrogen-bond acceptors (Lipinski definition) is 6. The third-order valence-electron chi connectivity index (χ3n) is 5.39. The molecular weight excluding hydrogens is 417 g/mol. The van der Waals surface area contributed by atoms with Crippen molar-refractivity contribution in [3.63, 3.8) is 0 Å². The molecule has 0 spiro atoms. The van der Waals surface area contributed by atoms with E-state index in [-0.39, 0.29) is 23.4 Å². The Labute approximate surface area is 184 Å². The van der Waals surface area contributed by atoms with Gasteiger partial charge >= 0.3 is 0 Å². The number of amides is 1. The van der Waals surface area contributed by atoms with Gasteiger partial charge in [-0.15, -0.1) is 0 Å². The molecule has 0 bridgehead atoms. The van der Waals surface area contributed by atoms with E-state index in [1.54, 1.807) is 13.0 Å². The van der Waals surface area contributed by atoms with Crippen LogP contribution < -0.4 is 0 Å². The van der Waals surface area contributed by atoms with E-state index in [4.69, 9.17) is 0 Å². The molecule has 0 saturated carbocycles. The van der Waals surface area contributed by atoms with Crippen LogP contribution in [0.25, 0.3) is 5.76 Å². The normalized spacial score (nSPS) is 17.9. The van der Waals surface area contributed by atoms with Crippen molar-refractivity contribution in [1.82, 2.24) is 9.80 Å². The van der Waals surface area contributed by atoms with E-state index in [1.807, 2.05) is 19.0 Å². The third kappa shape index (κ3) is 4.52. The molecule has 3 rings (SSSR count). The highest BCUT2D eigenvalue weighted by Gasteiger charge is 2.46. The minimum absolute atomic E-state index is 0.0508. The van der Waals surface area contributed by atoms with Gasteiger partial charge in [-0.05, 0) is 51.2 Å². The van der Waals surface area contributed by atoms with Crippen LogP contribution in [0.5, 0.6) is 0 Å². The van der Waals surface area contributed by atoms with Crippen molar-refractivity contribution in [2.75, 3.05) is 27.2 Å². The lowest BCUT2D eigenvalue weighted by Gasteiger charge is -2.25. The molecule has 1 atom stereocenters. The monoisotopic (exact) mass is 441 g/mol. The van der Waals surface area contributed by atoms with E-state index < -0.39 is 34.2 Å². The fourth-order valence-electron chi connectivity index (χ4n) is 3.72. The predicted octanol–water partition coefficient (Wildman–Crippen LogP) is 3.42. The number of likely N-dealkylation sites (tertiary alicyclic amines) is 1. The van der Waals surface area contributed by atoms with Crippen molar-refractivity contribution in [3.8, 4) is 0 Å². The van der Waals surface area contributed by atoms with Gasteiger partial charge < -0.3 is 14.9 Å². The number of non-ortho nitro benzene ring substituents is 1. The number of rotatable bonds is 7. The number of halogens is 1. The van der Waals surface area contributed by atoms with E-state index in [2.05, 4.69) is 0 Å². The summed E-state index contributed by atoms with van der Waals surface area (Å²) in [6, 6.07) is 8.58. The lowest BCUT2D eigenvalue weighted by atomic mass is 9.94. The molecule has 2 aromatic carbocycles. The van der Waals surface area contributed by atoms with Gasteiger partial charge in [0.15, 0.2) is 0 Å². The number of carbonyl (C=O) groups is 2. The second-order valence-electron chi connectivity index (χ2n) is 7.97.